The van der Waals surface area contributed by atoms with Crippen LogP contribution in [-0.2, 0) is 37.2 Å². The largest absolute Gasteiger partial charge is 0.349 e. The van der Waals surface area contributed by atoms with Crippen LogP contribution >= 0.6 is 11.3 Å². The van der Waals surface area contributed by atoms with Crippen molar-refractivity contribution in [3.8, 4) is 0 Å². The number of thiazole rings is 1. The second-order valence-electron chi connectivity index (χ2n) is 7.51. The van der Waals surface area contributed by atoms with Gasteiger partial charge in [0.1, 0.15) is 12.1 Å². The van der Waals surface area contributed by atoms with Crippen molar-refractivity contribution in [3.05, 3.63) is 46.4 Å². The first-order valence-corrected chi connectivity index (χ1v) is 12.2. The Morgan fingerprint density at radius 2 is 1.94 bits per heavy atom. The molecule has 166 valence electrons. The van der Waals surface area contributed by atoms with E-state index in [1.54, 1.807) is 37.6 Å². The summed E-state index contributed by atoms with van der Waals surface area (Å²) in [4.78, 5) is 42.9. The van der Waals surface area contributed by atoms with Gasteiger partial charge < -0.3 is 10.6 Å². The highest BCUT2D eigenvalue weighted by Gasteiger charge is 2.34. The lowest BCUT2D eigenvalue weighted by Gasteiger charge is -2.24. The molecule has 31 heavy (non-hydrogen) atoms. The number of carbonyl (C=O) groups is 3. The third kappa shape index (κ3) is 5.54. The number of ketones is 1. The summed E-state index contributed by atoms with van der Waals surface area (Å²) >= 11 is 1.35. The number of carbonyl (C=O) groups excluding carboxylic acids is 3. The van der Waals surface area contributed by atoms with Crippen LogP contribution in [0.25, 0.3) is 0 Å². The standard InChI is InChI=1S/C20H24N4O5S2/c1-12(2)17(24-31(28,29)13-6-4-3-5-7-13)19(26)23-15-10-16-14(22-11-30-16)8-9-21-20(27)18(15)25/h3-7,11-12,15,17,24H,8-10H2,1-2H3,(H,21,27)(H,23,26). The number of nitrogens with one attached hydrogen (secondary N) is 3. The number of aromatic nitrogens is 1. The summed E-state index contributed by atoms with van der Waals surface area (Å²) in [5, 5.41) is 5.12. The molecule has 1 aliphatic rings. The Balaban J connectivity index is 1.82. The Hall–Kier alpha value is -2.63. The van der Waals surface area contributed by atoms with Crippen LogP contribution in [0.1, 0.15) is 24.4 Å². The van der Waals surface area contributed by atoms with E-state index in [-0.39, 0.29) is 17.9 Å². The van der Waals surface area contributed by atoms with Gasteiger partial charge in [0.25, 0.3) is 5.91 Å². The van der Waals surface area contributed by atoms with Gasteiger partial charge in [0.05, 0.1) is 16.1 Å². The van der Waals surface area contributed by atoms with Gasteiger partial charge in [-0.2, -0.15) is 4.72 Å². The topological polar surface area (TPSA) is 134 Å². The van der Waals surface area contributed by atoms with Crippen LogP contribution in [0.2, 0.25) is 0 Å². The molecular weight excluding hydrogens is 440 g/mol. The van der Waals surface area contributed by atoms with E-state index in [4.69, 9.17) is 0 Å². The van der Waals surface area contributed by atoms with Gasteiger partial charge in [-0.3, -0.25) is 14.4 Å². The molecule has 1 aromatic carbocycles. The first kappa shape index (κ1) is 23.0. The molecule has 3 rings (SSSR count). The van der Waals surface area contributed by atoms with Crippen molar-refractivity contribution in [2.45, 2.75) is 43.7 Å². The Kier molecular flexibility index (Phi) is 7.19. The molecule has 11 heteroatoms. The maximum absolute atomic E-state index is 13.0. The molecule has 2 heterocycles. The molecule has 1 aromatic heterocycles. The Labute approximate surface area is 184 Å². The van der Waals surface area contributed by atoms with E-state index in [0.717, 1.165) is 10.6 Å². The van der Waals surface area contributed by atoms with Crippen molar-refractivity contribution in [3.63, 3.8) is 0 Å². The van der Waals surface area contributed by atoms with Gasteiger partial charge in [-0.05, 0) is 18.1 Å². The van der Waals surface area contributed by atoms with E-state index in [1.165, 1.54) is 23.5 Å². The van der Waals surface area contributed by atoms with Crippen molar-refractivity contribution >= 4 is 39.0 Å². The van der Waals surface area contributed by atoms with Crippen molar-refractivity contribution in [1.82, 2.24) is 20.3 Å². The zero-order valence-electron chi connectivity index (χ0n) is 17.1. The van der Waals surface area contributed by atoms with Crippen LogP contribution in [0.15, 0.2) is 40.7 Å². The summed E-state index contributed by atoms with van der Waals surface area (Å²) in [5.41, 5.74) is 2.42. The van der Waals surface area contributed by atoms with E-state index in [9.17, 15) is 22.8 Å². The van der Waals surface area contributed by atoms with Crippen LogP contribution in [0, 0.1) is 5.92 Å². The van der Waals surface area contributed by atoms with Gasteiger partial charge in [-0.25, -0.2) is 13.4 Å². The highest BCUT2D eigenvalue weighted by Crippen LogP contribution is 2.18. The summed E-state index contributed by atoms with van der Waals surface area (Å²) in [7, 11) is -3.96. The van der Waals surface area contributed by atoms with Crippen LogP contribution in [-0.4, -0.2) is 49.6 Å². The van der Waals surface area contributed by atoms with Crippen LogP contribution in [0.4, 0.5) is 0 Å². The highest BCUT2D eigenvalue weighted by atomic mass is 32.2. The Bertz CT molecular complexity index is 1070. The number of Topliss-reactive ketones (excluding diaryl/α,β-unsaturated/α-hetero) is 1. The molecule has 9 nitrogen and oxygen atoms in total. The van der Waals surface area contributed by atoms with Gasteiger partial charge in [0.15, 0.2) is 0 Å². The fourth-order valence-corrected chi connectivity index (χ4v) is 5.41. The lowest BCUT2D eigenvalue weighted by molar-refractivity contribution is -0.140. The fraction of sp³-hybridized carbons (Fsp3) is 0.400. The normalized spacial score (nSPS) is 18.4. The van der Waals surface area contributed by atoms with Crippen LogP contribution in [0.3, 0.4) is 0 Å². The SMILES string of the molecule is CC(C)C(NS(=O)(=O)c1ccccc1)C(=O)NC1Cc2scnc2CCNC(=O)C1=O. The number of nitrogens with zero attached hydrogens (tertiary/aromatic N) is 1. The Morgan fingerprint density at radius 1 is 1.23 bits per heavy atom. The third-order valence-corrected chi connectivity index (χ3v) is 7.26. The molecule has 3 N–H and O–H groups in total. The number of hydrogen-bond donors (Lipinski definition) is 3. The summed E-state index contributed by atoms with van der Waals surface area (Å²) < 4.78 is 27.8. The first-order chi connectivity index (χ1) is 14.7. The molecule has 0 spiro atoms. The number of rotatable bonds is 6. The van der Waals surface area contributed by atoms with E-state index < -0.39 is 45.6 Å². The zero-order chi connectivity index (χ0) is 22.6. The van der Waals surface area contributed by atoms with Crippen molar-refractivity contribution < 1.29 is 22.8 Å². The zero-order valence-corrected chi connectivity index (χ0v) is 18.8. The molecule has 2 amide bonds. The maximum atomic E-state index is 13.0. The van der Waals surface area contributed by atoms with Crippen LogP contribution in [0.5, 0.6) is 0 Å². The van der Waals surface area contributed by atoms with E-state index >= 15 is 0 Å². The van der Waals surface area contributed by atoms with E-state index in [0.29, 0.717) is 6.42 Å². The fourth-order valence-electron chi connectivity index (χ4n) is 3.19. The van der Waals surface area contributed by atoms with Gasteiger partial charge in [0.2, 0.25) is 21.7 Å². The molecule has 0 radical (unpaired) electrons. The lowest BCUT2D eigenvalue weighted by Crippen LogP contribution is -2.55. The molecule has 0 saturated heterocycles. The molecule has 1 aliphatic heterocycles. The minimum absolute atomic E-state index is 0.0284. The van der Waals surface area contributed by atoms with Crippen LogP contribution < -0.4 is 15.4 Å². The Morgan fingerprint density at radius 3 is 2.61 bits per heavy atom. The third-order valence-electron chi connectivity index (χ3n) is 4.90. The highest BCUT2D eigenvalue weighted by molar-refractivity contribution is 7.89. The van der Waals surface area contributed by atoms with Gasteiger partial charge in [-0.15, -0.1) is 11.3 Å². The van der Waals surface area contributed by atoms with Gasteiger partial charge in [0, 0.05) is 24.3 Å². The number of fused-ring (bicyclic) bond motifs is 1. The molecule has 0 aliphatic carbocycles. The quantitative estimate of drug-likeness (QED) is 0.530. The molecular formula is C20H24N4O5S2. The number of sulfonamides is 1. The first-order valence-electron chi connectivity index (χ1n) is 9.80. The van der Waals surface area contributed by atoms with Crippen molar-refractivity contribution in [1.29, 1.82) is 0 Å². The molecule has 0 bridgehead atoms. The van der Waals surface area contributed by atoms with Crippen molar-refractivity contribution in [2.24, 2.45) is 5.92 Å². The second kappa shape index (κ2) is 9.67. The monoisotopic (exact) mass is 464 g/mol. The van der Waals surface area contributed by atoms with E-state index in [1.807, 2.05) is 0 Å². The smallest absolute Gasteiger partial charge is 0.289 e. The number of amides is 2. The summed E-state index contributed by atoms with van der Waals surface area (Å²) in [6.07, 6.45) is 0.609. The van der Waals surface area contributed by atoms with Gasteiger partial charge in [-0.1, -0.05) is 32.0 Å². The number of hydrogen-bond acceptors (Lipinski definition) is 7. The number of benzene rings is 1. The summed E-state index contributed by atoms with van der Waals surface area (Å²) in [6, 6.07) is 5.46. The molecule has 0 saturated carbocycles. The second-order valence-corrected chi connectivity index (χ2v) is 10.2. The summed E-state index contributed by atoms with van der Waals surface area (Å²) in [5.74, 6) is -2.64. The molecule has 2 atom stereocenters. The van der Waals surface area contributed by atoms with Crippen molar-refractivity contribution in [2.75, 3.05) is 6.54 Å². The maximum Gasteiger partial charge on any atom is 0.289 e. The average Bonchev–Trinajstić information content (AvgIpc) is 3.18. The van der Waals surface area contributed by atoms with E-state index in [2.05, 4.69) is 20.3 Å². The average molecular weight is 465 g/mol. The predicted molar refractivity (Wildman–Crippen MR) is 115 cm³/mol. The summed E-state index contributed by atoms with van der Waals surface area (Å²) in [6.45, 7) is 3.65. The minimum Gasteiger partial charge on any atom is -0.349 e. The van der Waals surface area contributed by atoms with Gasteiger partial charge >= 0.3 is 0 Å². The predicted octanol–water partition coefficient (Wildman–Crippen LogP) is 0.415. The molecule has 2 unspecified atom stereocenters. The lowest BCUT2D eigenvalue weighted by atomic mass is 10.0. The minimum atomic E-state index is -3.96. The molecule has 2 aromatic rings. The molecule has 0 fully saturated rings.